The van der Waals surface area contributed by atoms with E-state index >= 15 is 0 Å². The van der Waals surface area contributed by atoms with E-state index in [1.807, 2.05) is 4.90 Å². The standard InChI is InChI=1S/C20H28N2O4/c1-14-11-21(12-15(2)26-14)13-18-5-4-10-22(18)19(23)16-6-8-17(9-7-16)20(24)25-3/h6-9,14-15,18H,4-5,10-13H2,1-3H3/t14-,15-,18-/m1/s1. The third-order valence-corrected chi connectivity index (χ3v) is 5.16. The van der Waals surface area contributed by atoms with Crippen LogP contribution in [0.2, 0.25) is 0 Å². The van der Waals surface area contributed by atoms with E-state index in [0.717, 1.165) is 39.0 Å². The Balaban J connectivity index is 1.65. The van der Waals surface area contributed by atoms with Crippen molar-refractivity contribution in [2.24, 2.45) is 0 Å². The molecule has 1 aromatic rings. The van der Waals surface area contributed by atoms with E-state index in [1.54, 1.807) is 24.3 Å². The van der Waals surface area contributed by atoms with Gasteiger partial charge in [0.05, 0.1) is 24.9 Å². The first-order valence-electron chi connectivity index (χ1n) is 9.35. The van der Waals surface area contributed by atoms with Gasteiger partial charge in [-0.3, -0.25) is 9.69 Å². The fourth-order valence-corrected chi connectivity index (χ4v) is 4.06. The Kier molecular flexibility index (Phi) is 5.94. The Hall–Kier alpha value is -1.92. The number of methoxy groups -OCH3 is 1. The number of amides is 1. The molecule has 0 bridgehead atoms. The summed E-state index contributed by atoms with van der Waals surface area (Å²) >= 11 is 0. The van der Waals surface area contributed by atoms with Gasteiger partial charge in [0.1, 0.15) is 0 Å². The van der Waals surface area contributed by atoms with Gasteiger partial charge >= 0.3 is 5.97 Å². The first-order chi connectivity index (χ1) is 12.5. The third kappa shape index (κ3) is 4.24. The number of benzene rings is 1. The van der Waals surface area contributed by atoms with Crippen molar-refractivity contribution in [2.45, 2.75) is 44.9 Å². The minimum atomic E-state index is -0.390. The van der Waals surface area contributed by atoms with E-state index in [2.05, 4.69) is 18.7 Å². The lowest BCUT2D eigenvalue weighted by Gasteiger charge is -2.38. The van der Waals surface area contributed by atoms with E-state index in [4.69, 9.17) is 9.47 Å². The zero-order valence-electron chi connectivity index (χ0n) is 15.8. The van der Waals surface area contributed by atoms with Gasteiger partial charge in [-0.15, -0.1) is 0 Å². The molecule has 0 radical (unpaired) electrons. The zero-order valence-corrected chi connectivity index (χ0v) is 15.8. The van der Waals surface area contributed by atoms with Gasteiger partial charge in [0.15, 0.2) is 0 Å². The summed E-state index contributed by atoms with van der Waals surface area (Å²) in [6.45, 7) is 7.71. The second-order valence-corrected chi connectivity index (χ2v) is 7.34. The average Bonchev–Trinajstić information content (AvgIpc) is 3.07. The predicted molar refractivity (Wildman–Crippen MR) is 98.3 cm³/mol. The van der Waals surface area contributed by atoms with Crippen molar-refractivity contribution in [3.05, 3.63) is 35.4 Å². The van der Waals surface area contributed by atoms with E-state index < -0.39 is 5.97 Å². The number of morpholine rings is 1. The molecule has 0 saturated carbocycles. The lowest BCUT2D eigenvalue weighted by molar-refractivity contribution is -0.0715. The SMILES string of the molecule is COC(=O)c1ccc(C(=O)N2CCC[C@@H]2CN2C[C@@H](C)O[C@H](C)C2)cc1. The largest absolute Gasteiger partial charge is 0.465 e. The van der Waals surface area contributed by atoms with Gasteiger partial charge in [0.25, 0.3) is 5.91 Å². The second-order valence-electron chi connectivity index (χ2n) is 7.34. The molecule has 6 heteroatoms. The molecule has 2 fully saturated rings. The Labute approximate surface area is 155 Å². The predicted octanol–water partition coefficient (Wildman–Crippen LogP) is 2.19. The molecule has 2 heterocycles. The molecule has 2 aliphatic heterocycles. The van der Waals surface area contributed by atoms with Crippen LogP contribution in [-0.4, -0.2) is 73.2 Å². The highest BCUT2D eigenvalue weighted by atomic mass is 16.5. The third-order valence-electron chi connectivity index (χ3n) is 5.16. The maximum atomic E-state index is 12.9. The summed E-state index contributed by atoms with van der Waals surface area (Å²) < 4.78 is 10.5. The van der Waals surface area contributed by atoms with Crippen molar-refractivity contribution in [3.63, 3.8) is 0 Å². The van der Waals surface area contributed by atoms with E-state index in [-0.39, 0.29) is 24.2 Å². The number of ether oxygens (including phenoxy) is 2. The molecule has 2 aliphatic rings. The number of rotatable bonds is 4. The molecule has 1 aromatic carbocycles. The van der Waals surface area contributed by atoms with Gasteiger partial charge in [0.2, 0.25) is 0 Å². The maximum Gasteiger partial charge on any atom is 0.337 e. The highest BCUT2D eigenvalue weighted by molar-refractivity contribution is 5.96. The monoisotopic (exact) mass is 360 g/mol. The van der Waals surface area contributed by atoms with Crippen molar-refractivity contribution < 1.29 is 19.1 Å². The molecule has 0 spiro atoms. The summed E-state index contributed by atoms with van der Waals surface area (Å²) in [5.74, 6) is -0.350. The summed E-state index contributed by atoms with van der Waals surface area (Å²) in [4.78, 5) is 28.9. The van der Waals surface area contributed by atoms with Gasteiger partial charge in [-0.05, 0) is 51.0 Å². The van der Waals surface area contributed by atoms with Crippen LogP contribution >= 0.6 is 0 Å². The van der Waals surface area contributed by atoms with Crippen molar-refractivity contribution in [3.8, 4) is 0 Å². The minimum absolute atomic E-state index is 0.0401. The number of carbonyl (C=O) groups excluding carboxylic acids is 2. The number of nitrogens with zero attached hydrogens (tertiary/aromatic N) is 2. The van der Waals surface area contributed by atoms with Crippen molar-refractivity contribution in [1.29, 1.82) is 0 Å². The topological polar surface area (TPSA) is 59.1 Å². The molecular formula is C20H28N2O4. The molecule has 0 aromatic heterocycles. The van der Waals surface area contributed by atoms with Crippen LogP contribution in [0.3, 0.4) is 0 Å². The number of hydrogen-bond acceptors (Lipinski definition) is 5. The van der Waals surface area contributed by atoms with Gasteiger partial charge in [0, 0.05) is 37.8 Å². The Bertz CT molecular complexity index is 636. The first kappa shape index (κ1) is 18.9. The molecule has 3 rings (SSSR count). The molecule has 6 nitrogen and oxygen atoms in total. The molecule has 26 heavy (non-hydrogen) atoms. The fraction of sp³-hybridized carbons (Fsp3) is 0.600. The van der Waals surface area contributed by atoms with Crippen molar-refractivity contribution in [2.75, 3.05) is 33.3 Å². The molecule has 0 unspecified atom stereocenters. The second kappa shape index (κ2) is 8.18. The number of carbonyl (C=O) groups is 2. The van der Waals surface area contributed by atoms with Crippen LogP contribution in [0, 0.1) is 0 Å². The highest BCUT2D eigenvalue weighted by Gasteiger charge is 2.32. The van der Waals surface area contributed by atoms with Crippen LogP contribution in [0.5, 0.6) is 0 Å². The van der Waals surface area contributed by atoms with Crippen LogP contribution in [0.25, 0.3) is 0 Å². The summed E-state index contributed by atoms with van der Waals surface area (Å²) in [6, 6.07) is 6.96. The van der Waals surface area contributed by atoms with Gasteiger partial charge < -0.3 is 14.4 Å². The summed E-state index contributed by atoms with van der Waals surface area (Å²) in [5.41, 5.74) is 1.08. The molecule has 1 amide bonds. The van der Waals surface area contributed by atoms with Crippen molar-refractivity contribution >= 4 is 11.9 Å². The molecular weight excluding hydrogens is 332 g/mol. The lowest BCUT2D eigenvalue weighted by atomic mass is 10.1. The highest BCUT2D eigenvalue weighted by Crippen LogP contribution is 2.23. The maximum absolute atomic E-state index is 12.9. The summed E-state index contributed by atoms with van der Waals surface area (Å²) in [7, 11) is 1.35. The summed E-state index contributed by atoms with van der Waals surface area (Å²) in [6.07, 6.45) is 2.53. The minimum Gasteiger partial charge on any atom is -0.465 e. The molecule has 0 N–H and O–H groups in total. The quantitative estimate of drug-likeness (QED) is 0.771. The van der Waals surface area contributed by atoms with Gasteiger partial charge in [-0.1, -0.05) is 0 Å². The van der Waals surface area contributed by atoms with Gasteiger partial charge in [-0.2, -0.15) is 0 Å². The molecule has 3 atom stereocenters. The first-order valence-corrected chi connectivity index (χ1v) is 9.35. The van der Waals surface area contributed by atoms with Crippen LogP contribution in [-0.2, 0) is 9.47 Å². The van der Waals surface area contributed by atoms with E-state index in [0.29, 0.717) is 11.1 Å². The average molecular weight is 360 g/mol. The van der Waals surface area contributed by atoms with Crippen LogP contribution in [0.1, 0.15) is 47.4 Å². The fourth-order valence-electron chi connectivity index (χ4n) is 4.06. The number of esters is 1. The van der Waals surface area contributed by atoms with Gasteiger partial charge in [-0.25, -0.2) is 4.79 Å². The number of hydrogen-bond donors (Lipinski definition) is 0. The Morgan fingerprint density at radius 3 is 2.35 bits per heavy atom. The summed E-state index contributed by atoms with van der Waals surface area (Å²) in [5, 5.41) is 0. The van der Waals surface area contributed by atoms with Crippen LogP contribution in [0.15, 0.2) is 24.3 Å². The van der Waals surface area contributed by atoms with Crippen molar-refractivity contribution in [1.82, 2.24) is 9.80 Å². The zero-order chi connectivity index (χ0) is 18.7. The lowest BCUT2D eigenvalue weighted by Crippen LogP contribution is -2.50. The smallest absolute Gasteiger partial charge is 0.337 e. The molecule has 0 aliphatic carbocycles. The Morgan fingerprint density at radius 2 is 1.73 bits per heavy atom. The number of likely N-dealkylation sites (tertiary alicyclic amines) is 1. The Morgan fingerprint density at radius 1 is 1.12 bits per heavy atom. The normalized spacial score (nSPS) is 26.7. The molecule has 2 saturated heterocycles. The molecule has 142 valence electrons. The van der Waals surface area contributed by atoms with E-state index in [9.17, 15) is 9.59 Å². The van der Waals surface area contributed by atoms with E-state index in [1.165, 1.54) is 7.11 Å². The van der Waals surface area contributed by atoms with Crippen LogP contribution in [0.4, 0.5) is 0 Å². The van der Waals surface area contributed by atoms with Crippen LogP contribution < -0.4 is 0 Å².